The van der Waals surface area contributed by atoms with Gasteiger partial charge in [0.05, 0.1) is 16.7 Å². The highest BCUT2D eigenvalue weighted by atomic mass is 16.6. The molecule has 0 atom stereocenters. The highest BCUT2D eigenvalue weighted by Crippen LogP contribution is 2.15. The van der Waals surface area contributed by atoms with Crippen LogP contribution in [0.5, 0.6) is 0 Å². The lowest BCUT2D eigenvalue weighted by Crippen LogP contribution is -2.18. The van der Waals surface area contributed by atoms with Crippen molar-refractivity contribution < 1.29 is 33.4 Å². The molecule has 2 aromatic rings. The van der Waals surface area contributed by atoms with E-state index in [0.29, 0.717) is 6.42 Å². The van der Waals surface area contributed by atoms with Crippen molar-refractivity contribution in [3.05, 3.63) is 96.1 Å². The molecular formula is C25H24O7. The lowest BCUT2D eigenvalue weighted by Gasteiger charge is -2.10. The van der Waals surface area contributed by atoms with Crippen molar-refractivity contribution in [1.82, 2.24) is 0 Å². The molecule has 0 aromatic heterocycles. The number of hydrogen-bond acceptors (Lipinski definition) is 7. The molecule has 0 radical (unpaired) electrons. The van der Waals surface area contributed by atoms with Gasteiger partial charge in [-0.05, 0) is 24.6 Å². The summed E-state index contributed by atoms with van der Waals surface area (Å²) in [7, 11) is 0. The van der Waals surface area contributed by atoms with E-state index in [-0.39, 0.29) is 54.3 Å². The van der Waals surface area contributed by atoms with Crippen LogP contribution in [-0.4, -0.2) is 43.5 Å². The molecule has 0 amide bonds. The Balaban J connectivity index is 1.93. The molecule has 0 aliphatic carbocycles. The number of benzene rings is 2. The van der Waals surface area contributed by atoms with Gasteiger partial charge in [0.2, 0.25) is 0 Å². The maximum Gasteiger partial charge on any atom is 0.339 e. The van der Waals surface area contributed by atoms with Crippen molar-refractivity contribution in [2.75, 3.05) is 19.8 Å². The predicted molar refractivity (Wildman–Crippen MR) is 118 cm³/mol. The van der Waals surface area contributed by atoms with Crippen molar-refractivity contribution >= 4 is 23.7 Å². The van der Waals surface area contributed by atoms with E-state index >= 15 is 0 Å². The van der Waals surface area contributed by atoms with E-state index in [2.05, 4.69) is 13.2 Å². The van der Waals surface area contributed by atoms with Crippen LogP contribution in [0.2, 0.25) is 0 Å². The van der Waals surface area contributed by atoms with Crippen LogP contribution in [0, 0.1) is 0 Å². The third-order valence-corrected chi connectivity index (χ3v) is 4.27. The van der Waals surface area contributed by atoms with E-state index < -0.39 is 17.9 Å². The summed E-state index contributed by atoms with van der Waals surface area (Å²) in [6.07, 6.45) is 3.78. The molecule has 0 bridgehead atoms. The van der Waals surface area contributed by atoms with Crippen molar-refractivity contribution in [3.8, 4) is 0 Å². The van der Waals surface area contributed by atoms with Gasteiger partial charge in [0.15, 0.2) is 5.78 Å². The summed E-state index contributed by atoms with van der Waals surface area (Å²) in [6, 6.07) is 12.4. The Bertz CT molecular complexity index is 925. The molecule has 0 aliphatic rings. The van der Waals surface area contributed by atoms with Crippen LogP contribution in [0.3, 0.4) is 0 Å². The smallest absolute Gasteiger partial charge is 0.339 e. The Hall–Kier alpha value is -4.00. The number of Topliss-reactive ketones (excluding diaryl/α,β-unsaturated/α-hetero) is 1. The molecule has 166 valence electrons. The first-order chi connectivity index (χ1) is 15.5. The Kier molecular flexibility index (Phi) is 9.59. The highest BCUT2D eigenvalue weighted by Gasteiger charge is 2.20. The van der Waals surface area contributed by atoms with Gasteiger partial charge in [0.25, 0.3) is 0 Å². The van der Waals surface area contributed by atoms with Gasteiger partial charge >= 0.3 is 17.9 Å². The van der Waals surface area contributed by atoms with Gasteiger partial charge in [-0.15, -0.1) is 6.58 Å². The lowest BCUT2D eigenvalue weighted by atomic mass is 10.0. The van der Waals surface area contributed by atoms with E-state index in [1.807, 2.05) is 0 Å². The second-order valence-electron chi connectivity index (χ2n) is 6.50. The van der Waals surface area contributed by atoms with Gasteiger partial charge in [0, 0.05) is 12.0 Å². The summed E-state index contributed by atoms with van der Waals surface area (Å²) >= 11 is 0. The van der Waals surface area contributed by atoms with Crippen LogP contribution in [-0.2, 0) is 14.2 Å². The molecule has 7 nitrogen and oxygen atoms in total. The van der Waals surface area contributed by atoms with E-state index in [9.17, 15) is 19.2 Å². The molecule has 0 saturated carbocycles. The van der Waals surface area contributed by atoms with E-state index in [0.717, 1.165) is 0 Å². The highest BCUT2D eigenvalue weighted by molar-refractivity contribution is 6.06. The van der Waals surface area contributed by atoms with Gasteiger partial charge in [0.1, 0.15) is 19.8 Å². The minimum Gasteiger partial charge on any atom is -0.458 e. The number of hydrogen-bond donors (Lipinski definition) is 0. The number of ether oxygens (including phenoxy) is 3. The van der Waals surface area contributed by atoms with Crippen molar-refractivity contribution in [3.63, 3.8) is 0 Å². The van der Waals surface area contributed by atoms with Crippen molar-refractivity contribution in [1.29, 1.82) is 0 Å². The first kappa shape index (κ1) is 24.3. The normalized spacial score (nSPS) is 10.0. The third kappa shape index (κ3) is 6.77. The van der Waals surface area contributed by atoms with Crippen LogP contribution in [0.25, 0.3) is 0 Å². The maximum absolute atomic E-state index is 12.4. The standard InChI is InChI=1S/C25H24O7/c1-3-5-14-22(26)18-10-6-7-11-19(18)23(27)31-16-17-32-25(29)21-13-9-8-12-20(21)24(28)30-15-4-2/h3-4,6-13H,1-2,5,14-17H2. The molecule has 7 heteroatoms. The van der Waals surface area contributed by atoms with Gasteiger partial charge in [-0.25, -0.2) is 14.4 Å². The van der Waals surface area contributed by atoms with Gasteiger partial charge < -0.3 is 14.2 Å². The number of esters is 3. The average molecular weight is 436 g/mol. The Morgan fingerprint density at radius 2 is 1.09 bits per heavy atom. The van der Waals surface area contributed by atoms with Crippen molar-refractivity contribution in [2.45, 2.75) is 12.8 Å². The Morgan fingerprint density at radius 3 is 1.56 bits per heavy atom. The summed E-state index contributed by atoms with van der Waals surface area (Å²) in [4.78, 5) is 49.1. The maximum atomic E-state index is 12.4. The Labute approximate surface area is 186 Å². The van der Waals surface area contributed by atoms with E-state index in [1.165, 1.54) is 24.3 Å². The number of carbonyl (C=O) groups excluding carboxylic acids is 4. The van der Waals surface area contributed by atoms with E-state index in [4.69, 9.17) is 14.2 Å². The number of allylic oxidation sites excluding steroid dienone is 1. The average Bonchev–Trinajstić information content (AvgIpc) is 2.83. The summed E-state index contributed by atoms with van der Waals surface area (Å²) in [6.45, 7) is 6.61. The zero-order chi connectivity index (χ0) is 23.3. The lowest BCUT2D eigenvalue weighted by molar-refractivity contribution is 0.0262. The molecule has 32 heavy (non-hydrogen) atoms. The zero-order valence-electron chi connectivity index (χ0n) is 17.6. The summed E-state index contributed by atoms with van der Waals surface area (Å²) < 4.78 is 15.2. The van der Waals surface area contributed by atoms with Gasteiger partial charge in [-0.1, -0.05) is 49.1 Å². The third-order valence-electron chi connectivity index (χ3n) is 4.27. The molecule has 0 saturated heterocycles. The molecule has 0 unspecified atom stereocenters. The van der Waals surface area contributed by atoms with Crippen LogP contribution >= 0.6 is 0 Å². The van der Waals surface area contributed by atoms with Gasteiger partial charge in [-0.2, -0.15) is 0 Å². The largest absolute Gasteiger partial charge is 0.458 e. The first-order valence-corrected chi connectivity index (χ1v) is 9.94. The topological polar surface area (TPSA) is 96.0 Å². The SMILES string of the molecule is C=CCCC(=O)c1ccccc1C(=O)OCCOC(=O)c1ccccc1C(=O)OCC=C. The predicted octanol–water partition coefficient (Wildman–Crippen LogP) is 4.19. The number of ketones is 1. The number of carbonyl (C=O) groups is 4. The molecule has 0 N–H and O–H groups in total. The number of rotatable bonds is 12. The summed E-state index contributed by atoms with van der Waals surface area (Å²) in [5, 5.41) is 0. The Morgan fingerprint density at radius 1 is 0.656 bits per heavy atom. The summed E-state index contributed by atoms with van der Waals surface area (Å²) in [5.74, 6) is -2.32. The monoisotopic (exact) mass is 436 g/mol. The molecular weight excluding hydrogens is 412 g/mol. The van der Waals surface area contributed by atoms with Crippen LogP contribution in [0.4, 0.5) is 0 Å². The molecule has 0 heterocycles. The fourth-order valence-electron chi connectivity index (χ4n) is 2.75. The minimum atomic E-state index is -0.757. The molecule has 0 spiro atoms. The first-order valence-electron chi connectivity index (χ1n) is 9.94. The van der Waals surface area contributed by atoms with E-state index in [1.54, 1.807) is 36.4 Å². The molecule has 2 rings (SSSR count). The molecule has 0 aliphatic heterocycles. The van der Waals surface area contributed by atoms with Crippen LogP contribution in [0.15, 0.2) is 73.8 Å². The van der Waals surface area contributed by atoms with Crippen LogP contribution < -0.4 is 0 Å². The minimum absolute atomic E-state index is 0.00966. The fraction of sp³-hybridized carbons (Fsp3) is 0.200. The van der Waals surface area contributed by atoms with Crippen LogP contribution in [0.1, 0.15) is 54.3 Å². The zero-order valence-corrected chi connectivity index (χ0v) is 17.6. The van der Waals surface area contributed by atoms with Gasteiger partial charge in [-0.3, -0.25) is 4.79 Å². The molecule has 2 aromatic carbocycles. The second-order valence-corrected chi connectivity index (χ2v) is 6.50. The quantitative estimate of drug-likeness (QED) is 0.162. The molecule has 0 fully saturated rings. The fourth-order valence-corrected chi connectivity index (χ4v) is 2.75. The summed E-state index contributed by atoms with van der Waals surface area (Å²) in [5.41, 5.74) is 0.501. The second kappa shape index (κ2) is 12.6. The van der Waals surface area contributed by atoms with Crippen molar-refractivity contribution in [2.24, 2.45) is 0 Å².